The molecule has 2 aromatic carbocycles. The molecule has 0 unspecified atom stereocenters. The van der Waals surface area contributed by atoms with Crippen LogP contribution in [0.4, 0.5) is 17.3 Å². The number of anilines is 3. The molecule has 0 aliphatic rings. The smallest absolute Gasteiger partial charge is 0.258 e. The molecule has 0 saturated heterocycles. The molecule has 0 atom stereocenters. The first-order valence-electron chi connectivity index (χ1n) is 8.40. The van der Waals surface area contributed by atoms with Gasteiger partial charge in [0.25, 0.3) is 5.91 Å². The molecule has 0 radical (unpaired) electrons. The molecule has 0 fully saturated rings. The van der Waals surface area contributed by atoms with E-state index >= 15 is 0 Å². The van der Waals surface area contributed by atoms with Gasteiger partial charge in [0.05, 0.1) is 32.6 Å². The van der Waals surface area contributed by atoms with Crippen molar-refractivity contribution >= 4 is 23.2 Å². The quantitative estimate of drug-likeness (QED) is 0.648. The zero-order valence-corrected chi connectivity index (χ0v) is 15.7. The molecule has 1 amide bonds. The van der Waals surface area contributed by atoms with Crippen LogP contribution in [0.2, 0.25) is 0 Å². The van der Waals surface area contributed by atoms with E-state index in [1.165, 1.54) is 19.5 Å². The second kappa shape index (κ2) is 8.72. The van der Waals surface area contributed by atoms with Crippen LogP contribution >= 0.6 is 0 Å². The molecule has 2 N–H and O–H groups in total. The largest absolute Gasteiger partial charge is 0.495 e. The molecule has 144 valence electrons. The first-order valence-corrected chi connectivity index (χ1v) is 8.40. The molecule has 28 heavy (non-hydrogen) atoms. The lowest BCUT2D eigenvalue weighted by Crippen LogP contribution is -2.13. The van der Waals surface area contributed by atoms with Crippen LogP contribution in [0.25, 0.3) is 0 Å². The number of ether oxygens (including phenoxy) is 3. The summed E-state index contributed by atoms with van der Waals surface area (Å²) >= 11 is 0. The summed E-state index contributed by atoms with van der Waals surface area (Å²) in [7, 11) is 4.67. The fourth-order valence-electron chi connectivity index (χ4n) is 2.50. The van der Waals surface area contributed by atoms with E-state index in [1.807, 2.05) is 24.3 Å². The van der Waals surface area contributed by atoms with Gasteiger partial charge >= 0.3 is 0 Å². The molecule has 0 aliphatic heterocycles. The van der Waals surface area contributed by atoms with Crippen molar-refractivity contribution in [2.45, 2.75) is 0 Å². The number of para-hydroxylation sites is 2. The van der Waals surface area contributed by atoms with Crippen molar-refractivity contribution in [3.63, 3.8) is 0 Å². The standard InChI is InChI=1S/C20H20N4O4/c1-26-16-7-5-4-6-15(16)24-20-21-11-13(12-22-20)19(25)23-14-8-9-17(27-2)18(10-14)28-3/h4-12H,1-3H3,(H,23,25)(H,21,22,24). The van der Waals surface area contributed by atoms with Gasteiger partial charge in [0.1, 0.15) is 5.75 Å². The zero-order chi connectivity index (χ0) is 19.9. The molecule has 0 bridgehead atoms. The van der Waals surface area contributed by atoms with Crippen LogP contribution in [0.15, 0.2) is 54.9 Å². The van der Waals surface area contributed by atoms with E-state index in [0.29, 0.717) is 34.4 Å². The lowest BCUT2D eigenvalue weighted by molar-refractivity contribution is 0.102. The summed E-state index contributed by atoms with van der Waals surface area (Å²) in [5.41, 5.74) is 1.62. The summed E-state index contributed by atoms with van der Waals surface area (Å²) < 4.78 is 15.7. The van der Waals surface area contributed by atoms with Crippen LogP contribution in [-0.4, -0.2) is 37.2 Å². The molecular weight excluding hydrogens is 360 g/mol. The number of aromatic nitrogens is 2. The SMILES string of the molecule is COc1ccccc1Nc1ncc(C(=O)Nc2ccc(OC)c(OC)c2)cn1. The fourth-order valence-corrected chi connectivity index (χ4v) is 2.50. The number of benzene rings is 2. The minimum Gasteiger partial charge on any atom is -0.495 e. The Labute approximate surface area is 162 Å². The van der Waals surface area contributed by atoms with E-state index < -0.39 is 0 Å². The van der Waals surface area contributed by atoms with Crippen LogP contribution in [0.5, 0.6) is 17.2 Å². The summed E-state index contributed by atoms with van der Waals surface area (Å²) in [6.07, 6.45) is 2.89. The van der Waals surface area contributed by atoms with Crippen molar-refractivity contribution in [1.82, 2.24) is 9.97 Å². The summed E-state index contributed by atoms with van der Waals surface area (Å²) in [5.74, 6) is 1.79. The van der Waals surface area contributed by atoms with Crippen LogP contribution in [0.3, 0.4) is 0 Å². The van der Waals surface area contributed by atoms with E-state index in [0.717, 1.165) is 5.69 Å². The number of methoxy groups -OCH3 is 3. The Balaban J connectivity index is 1.70. The third-order valence-electron chi connectivity index (χ3n) is 3.91. The normalized spacial score (nSPS) is 10.1. The van der Waals surface area contributed by atoms with E-state index in [9.17, 15) is 4.79 Å². The minimum absolute atomic E-state index is 0.320. The van der Waals surface area contributed by atoms with Gasteiger partial charge in [-0.3, -0.25) is 4.79 Å². The molecule has 3 rings (SSSR count). The second-order valence-corrected chi connectivity index (χ2v) is 5.64. The molecule has 0 aliphatic carbocycles. The Bertz CT molecular complexity index is 961. The third-order valence-corrected chi connectivity index (χ3v) is 3.91. The van der Waals surface area contributed by atoms with Crippen LogP contribution < -0.4 is 24.8 Å². The topological polar surface area (TPSA) is 94.6 Å². The van der Waals surface area contributed by atoms with Gasteiger partial charge < -0.3 is 24.8 Å². The Hall–Kier alpha value is -3.81. The Kier molecular flexibility index (Phi) is 5.91. The maximum Gasteiger partial charge on any atom is 0.258 e. The fraction of sp³-hybridized carbons (Fsp3) is 0.150. The highest BCUT2D eigenvalue weighted by atomic mass is 16.5. The molecule has 1 heterocycles. The molecule has 1 aromatic heterocycles. The Morgan fingerprint density at radius 3 is 2.21 bits per heavy atom. The summed E-state index contributed by atoms with van der Waals surface area (Å²) in [5, 5.41) is 5.83. The van der Waals surface area contributed by atoms with E-state index in [1.54, 1.807) is 32.4 Å². The van der Waals surface area contributed by atoms with Crippen molar-refractivity contribution in [3.8, 4) is 17.2 Å². The highest BCUT2D eigenvalue weighted by Gasteiger charge is 2.11. The maximum absolute atomic E-state index is 12.4. The predicted octanol–water partition coefficient (Wildman–Crippen LogP) is 3.50. The monoisotopic (exact) mass is 380 g/mol. The van der Waals surface area contributed by atoms with Crippen molar-refractivity contribution < 1.29 is 19.0 Å². The number of carbonyl (C=O) groups excluding carboxylic acids is 1. The number of carbonyl (C=O) groups is 1. The Morgan fingerprint density at radius 2 is 1.54 bits per heavy atom. The molecule has 0 saturated carbocycles. The molecule has 8 heteroatoms. The predicted molar refractivity (Wildman–Crippen MR) is 106 cm³/mol. The lowest BCUT2D eigenvalue weighted by atomic mass is 10.2. The average molecular weight is 380 g/mol. The summed E-state index contributed by atoms with van der Waals surface area (Å²) in [6.45, 7) is 0. The van der Waals surface area contributed by atoms with Gasteiger partial charge in [-0.15, -0.1) is 0 Å². The van der Waals surface area contributed by atoms with Crippen LogP contribution in [0.1, 0.15) is 10.4 Å². The molecule has 0 spiro atoms. The minimum atomic E-state index is -0.337. The summed E-state index contributed by atoms with van der Waals surface area (Å²) in [4.78, 5) is 20.8. The second-order valence-electron chi connectivity index (χ2n) is 5.64. The molecular formula is C20H20N4O4. The van der Waals surface area contributed by atoms with Crippen molar-refractivity contribution in [1.29, 1.82) is 0 Å². The Morgan fingerprint density at radius 1 is 0.857 bits per heavy atom. The highest BCUT2D eigenvalue weighted by Crippen LogP contribution is 2.30. The number of nitrogens with zero attached hydrogens (tertiary/aromatic N) is 2. The lowest BCUT2D eigenvalue weighted by Gasteiger charge is -2.11. The van der Waals surface area contributed by atoms with Crippen molar-refractivity contribution in [2.24, 2.45) is 0 Å². The average Bonchev–Trinajstić information content (AvgIpc) is 2.74. The van der Waals surface area contributed by atoms with E-state index in [-0.39, 0.29) is 5.91 Å². The molecule has 8 nitrogen and oxygen atoms in total. The van der Waals surface area contributed by atoms with Gasteiger partial charge in [-0.1, -0.05) is 12.1 Å². The van der Waals surface area contributed by atoms with Gasteiger partial charge in [-0.25, -0.2) is 9.97 Å². The first kappa shape index (κ1) is 19.0. The van der Waals surface area contributed by atoms with Crippen LogP contribution in [-0.2, 0) is 0 Å². The maximum atomic E-state index is 12.4. The number of hydrogen-bond acceptors (Lipinski definition) is 7. The number of amides is 1. The van der Waals surface area contributed by atoms with Gasteiger partial charge in [-0.2, -0.15) is 0 Å². The summed E-state index contributed by atoms with van der Waals surface area (Å²) in [6, 6.07) is 12.5. The first-order chi connectivity index (χ1) is 13.6. The third kappa shape index (κ3) is 4.29. The number of rotatable bonds is 7. The van der Waals surface area contributed by atoms with E-state index in [4.69, 9.17) is 14.2 Å². The number of nitrogens with one attached hydrogen (secondary N) is 2. The van der Waals surface area contributed by atoms with E-state index in [2.05, 4.69) is 20.6 Å². The number of hydrogen-bond donors (Lipinski definition) is 2. The van der Waals surface area contributed by atoms with Gasteiger partial charge in [0.2, 0.25) is 5.95 Å². The highest BCUT2D eigenvalue weighted by molar-refractivity contribution is 6.04. The van der Waals surface area contributed by atoms with Crippen molar-refractivity contribution in [2.75, 3.05) is 32.0 Å². The van der Waals surface area contributed by atoms with Gasteiger partial charge in [-0.05, 0) is 24.3 Å². The molecule has 3 aromatic rings. The van der Waals surface area contributed by atoms with Crippen molar-refractivity contribution in [3.05, 3.63) is 60.4 Å². The zero-order valence-electron chi connectivity index (χ0n) is 15.7. The van der Waals surface area contributed by atoms with Gasteiger partial charge in [0.15, 0.2) is 11.5 Å². The van der Waals surface area contributed by atoms with Crippen LogP contribution in [0, 0.1) is 0 Å². The van der Waals surface area contributed by atoms with Gasteiger partial charge in [0, 0.05) is 24.1 Å².